The molecule has 1 unspecified atom stereocenters. The van der Waals surface area contributed by atoms with Gasteiger partial charge in [-0.25, -0.2) is 0 Å². The number of rotatable bonds is 9. The van der Waals surface area contributed by atoms with E-state index in [0.717, 1.165) is 29.9 Å². The highest BCUT2D eigenvalue weighted by atomic mass is 16.5. The van der Waals surface area contributed by atoms with Gasteiger partial charge >= 0.3 is 0 Å². The number of nitriles is 1. The fraction of sp³-hybridized carbons (Fsp3) is 0.360. The van der Waals surface area contributed by atoms with E-state index < -0.39 is 5.91 Å². The Bertz CT molecular complexity index is 961. The van der Waals surface area contributed by atoms with Crippen molar-refractivity contribution in [2.45, 2.75) is 38.6 Å². The highest BCUT2D eigenvalue weighted by Crippen LogP contribution is 2.25. The monoisotopic (exact) mass is 419 g/mol. The summed E-state index contributed by atoms with van der Waals surface area (Å²) in [4.78, 5) is 12.5. The third-order valence-electron chi connectivity index (χ3n) is 5.41. The van der Waals surface area contributed by atoms with E-state index in [1.54, 1.807) is 7.11 Å². The van der Waals surface area contributed by atoms with Crippen LogP contribution in [0, 0.1) is 11.3 Å². The molecule has 0 heterocycles. The average molecular weight is 420 g/mol. The summed E-state index contributed by atoms with van der Waals surface area (Å²) in [6.07, 6.45) is 6.12. The predicted molar refractivity (Wildman–Crippen MR) is 120 cm³/mol. The number of carbonyl (C=O) groups is 1. The van der Waals surface area contributed by atoms with Crippen molar-refractivity contribution in [3.05, 3.63) is 70.9 Å². The van der Waals surface area contributed by atoms with E-state index in [9.17, 15) is 10.1 Å². The summed E-state index contributed by atoms with van der Waals surface area (Å²) < 4.78 is 10.7. The Morgan fingerprint density at radius 1 is 1.13 bits per heavy atom. The molecule has 2 aromatic rings. The van der Waals surface area contributed by atoms with Crippen molar-refractivity contribution in [3.8, 4) is 17.6 Å². The summed E-state index contributed by atoms with van der Waals surface area (Å²) in [5.74, 6) is 1.10. The Kier molecular flexibility index (Phi) is 7.94. The van der Waals surface area contributed by atoms with Gasteiger partial charge in [0.15, 0.2) is 0 Å². The quantitative estimate of drug-likeness (QED) is 0.367. The van der Waals surface area contributed by atoms with Gasteiger partial charge in [0.25, 0.3) is 5.91 Å². The summed E-state index contributed by atoms with van der Waals surface area (Å²) in [5.41, 5.74) is 3.88. The lowest BCUT2D eigenvalue weighted by Gasteiger charge is -2.20. The van der Waals surface area contributed by atoms with Gasteiger partial charge in [-0.15, -0.1) is 0 Å². The number of nitrogens with one attached hydrogen (secondary N) is 2. The van der Waals surface area contributed by atoms with Crippen molar-refractivity contribution >= 4 is 5.91 Å². The van der Waals surface area contributed by atoms with Crippen LogP contribution in [0.3, 0.4) is 0 Å². The van der Waals surface area contributed by atoms with E-state index in [0.29, 0.717) is 13.2 Å². The standard InChI is InChI=1S/C25H29N3O3/c1-18(20-8-7-19-5-3-4-6-21(19)15-20)28-25(29)22(16-26)17-27-13-14-31-24-11-9-23(30-2)10-12-24/h7-12,15,17-18,27H,3-6,13-14H2,1-2H3,(H,28,29)/b22-17-. The zero-order chi connectivity index (χ0) is 22.1. The zero-order valence-electron chi connectivity index (χ0n) is 18.1. The molecule has 0 bridgehead atoms. The first kappa shape index (κ1) is 22.2. The number of aryl methyl sites for hydroxylation is 2. The number of amides is 1. The van der Waals surface area contributed by atoms with Gasteiger partial charge in [0.2, 0.25) is 0 Å². The van der Waals surface area contributed by atoms with Gasteiger partial charge in [-0.05, 0) is 73.6 Å². The van der Waals surface area contributed by atoms with Crippen molar-refractivity contribution < 1.29 is 14.3 Å². The number of carbonyl (C=O) groups excluding carboxylic acids is 1. The van der Waals surface area contributed by atoms with Crippen LogP contribution >= 0.6 is 0 Å². The first-order valence-corrected chi connectivity index (χ1v) is 10.6. The first-order valence-electron chi connectivity index (χ1n) is 10.6. The fourth-order valence-corrected chi connectivity index (χ4v) is 3.60. The molecule has 162 valence electrons. The van der Waals surface area contributed by atoms with Gasteiger partial charge in [-0.1, -0.05) is 18.2 Å². The predicted octanol–water partition coefficient (Wildman–Crippen LogP) is 3.83. The van der Waals surface area contributed by atoms with E-state index in [4.69, 9.17) is 9.47 Å². The van der Waals surface area contributed by atoms with E-state index in [1.807, 2.05) is 37.3 Å². The molecular formula is C25H29N3O3. The van der Waals surface area contributed by atoms with E-state index in [-0.39, 0.29) is 11.6 Å². The summed E-state index contributed by atoms with van der Waals surface area (Å²) in [6, 6.07) is 15.5. The lowest BCUT2D eigenvalue weighted by Crippen LogP contribution is -2.29. The van der Waals surface area contributed by atoms with Crippen molar-refractivity contribution in [1.82, 2.24) is 10.6 Å². The van der Waals surface area contributed by atoms with Crippen LogP contribution in [0.15, 0.2) is 54.2 Å². The zero-order valence-corrected chi connectivity index (χ0v) is 18.1. The summed E-state index contributed by atoms with van der Waals surface area (Å²) in [6.45, 7) is 2.80. The molecule has 0 radical (unpaired) electrons. The Balaban J connectivity index is 1.47. The molecular weight excluding hydrogens is 390 g/mol. The summed E-state index contributed by atoms with van der Waals surface area (Å²) in [7, 11) is 1.61. The maximum Gasteiger partial charge on any atom is 0.263 e. The van der Waals surface area contributed by atoms with Crippen LogP contribution < -0.4 is 20.1 Å². The maximum absolute atomic E-state index is 12.5. The Hall–Kier alpha value is -3.46. The number of ether oxygens (including phenoxy) is 2. The summed E-state index contributed by atoms with van der Waals surface area (Å²) >= 11 is 0. The third kappa shape index (κ3) is 6.26. The summed E-state index contributed by atoms with van der Waals surface area (Å²) in [5, 5.41) is 15.2. The van der Waals surface area contributed by atoms with Crippen LogP contribution in [0.2, 0.25) is 0 Å². The number of nitrogens with zero attached hydrogens (tertiary/aromatic N) is 1. The second-order valence-electron chi connectivity index (χ2n) is 7.58. The second kappa shape index (κ2) is 11.1. The van der Waals surface area contributed by atoms with Crippen LogP contribution in [-0.2, 0) is 17.6 Å². The molecule has 6 nitrogen and oxygen atoms in total. The molecule has 1 atom stereocenters. The van der Waals surface area contributed by atoms with Gasteiger partial charge in [0, 0.05) is 12.7 Å². The minimum atomic E-state index is -0.392. The average Bonchev–Trinajstić information content (AvgIpc) is 2.81. The van der Waals surface area contributed by atoms with E-state index in [1.165, 1.54) is 30.2 Å². The lowest BCUT2D eigenvalue weighted by molar-refractivity contribution is -0.117. The lowest BCUT2D eigenvalue weighted by atomic mass is 9.89. The van der Waals surface area contributed by atoms with Gasteiger partial charge in [-0.3, -0.25) is 4.79 Å². The minimum Gasteiger partial charge on any atom is -0.497 e. The Morgan fingerprint density at radius 3 is 2.55 bits per heavy atom. The molecule has 3 rings (SSSR count). The highest BCUT2D eigenvalue weighted by Gasteiger charge is 2.16. The van der Waals surface area contributed by atoms with Crippen LogP contribution in [0.5, 0.6) is 11.5 Å². The number of hydrogen-bond acceptors (Lipinski definition) is 5. The smallest absolute Gasteiger partial charge is 0.263 e. The minimum absolute atomic E-state index is 0.0363. The van der Waals surface area contributed by atoms with Gasteiger partial charge in [0.1, 0.15) is 29.7 Å². The van der Waals surface area contributed by atoms with Gasteiger partial charge in [-0.2, -0.15) is 5.26 Å². The molecule has 1 aliphatic rings. The number of methoxy groups -OCH3 is 1. The molecule has 1 amide bonds. The molecule has 6 heteroatoms. The second-order valence-corrected chi connectivity index (χ2v) is 7.58. The normalized spacial score (nSPS) is 14.0. The molecule has 2 N–H and O–H groups in total. The Labute approximate surface area is 183 Å². The van der Waals surface area contributed by atoms with Crippen LogP contribution in [-0.4, -0.2) is 26.2 Å². The molecule has 2 aromatic carbocycles. The van der Waals surface area contributed by atoms with Crippen LogP contribution in [0.25, 0.3) is 0 Å². The van der Waals surface area contributed by atoms with Gasteiger partial charge < -0.3 is 20.1 Å². The number of hydrogen-bond donors (Lipinski definition) is 2. The van der Waals surface area contributed by atoms with Crippen molar-refractivity contribution in [2.24, 2.45) is 0 Å². The number of fused-ring (bicyclic) bond motifs is 1. The molecule has 0 spiro atoms. The maximum atomic E-state index is 12.5. The first-order chi connectivity index (χ1) is 15.1. The van der Waals surface area contributed by atoms with Crippen molar-refractivity contribution in [1.29, 1.82) is 5.26 Å². The molecule has 0 fully saturated rings. The topological polar surface area (TPSA) is 83.4 Å². The molecule has 0 saturated heterocycles. The number of benzene rings is 2. The highest BCUT2D eigenvalue weighted by molar-refractivity contribution is 5.97. The third-order valence-corrected chi connectivity index (χ3v) is 5.41. The van der Waals surface area contributed by atoms with Gasteiger partial charge in [0.05, 0.1) is 13.2 Å². The van der Waals surface area contributed by atoms with Crippen molar-refractivity contribution in [2.75, 3.05) is 20.3 Å². The van der Waals surface area contributed by atoms with E-state index in [2.05, 4.69) is 28.8 Å². The fourth-order valence-electron chi connectivity index (χ4n) is 3.60. The van der Waals surface area contributed by atoms with E-state index >= 15 is 0 Å². The molecule has 0 aromatic heterocycles. The largest absolute Gasteiger partial charge is 0.497 e. The molecule has 0 saturated carbocycles. The SMILES string of the molecule is COc1ccc(OCCN/C=C(/C#N)C(=O)NC(C)c2ccc3c(c2)CCCC3)cc1. The van der Waals surface area contributed by atoms with Crippen LogP contribution in [0.1, 0.15) is 42.5 Å². The van der Waals surface area contributed by atoms with Crippen LogP contribution in [0.4, 0.5) is 0 Å². The Morgan fingerprint density at radius 2 is 1.84 bits per heavy atom. The molecule has 1 aliphatic carbocycles. The molecule has 31 heavy (non-hydrogen) atoms. The molecule has 0 aliphatic heterocycles. The van der Waals surface area contributed by atoms with Crippen molar-refractivity contribution in [3.63, 3.8) is 0 Å².